The number of furan rings is 1. The molecule has 0 aliphatic carbocycles. The van der Waals surface area contributed by atoms with Crippen LogP contribution in [-0.2, 0) is 20.9 Å². The van der Waals surface area contributed by atoms with Crippen LogP contribution in [0.1, 0.15) is 12.8 Å². The maximum Gasteiger partial charge on any atom is 0.308 e. The molecule has 0 atom stereocenters. The molecule has 140 valence electrons. The number of carbonyl (C=O) groups excluding carboxylic acids is 2. The number of rotatable bonds is 3. The van der Waals surface area contributed by atoms with E-state index in [1.807, 2.05) is 18.2 Å². The van der Waals surface area contributed by atoms with Crippen LogP contribution in [0.3, 0.4) is 0 Å². The molecule has 8 nitrogen and oxygen atoms in total. The molecule has 1 aromatic carbocycles. The maximum atomic E-state index is 12.7. The fourth-order valence-corrected chi connectivity index (χ4v) is 3.50. The molecule has 0 bridgehead atoms. The normalized spacial score (nSPS) is 15.4. The van der Waals surface area contributed by atoms with E-state index in [1.165, 1.54) is 18.0 Å². The molecule has 0 unspecified atom stereocenters. The summed E-state index contributed by atoms with van der Waals surface area (Å²) in [6.45, 7) is 0.822. The zero-order chi connectivity index (χ0) is 19.0. The number of fused-ring (bicyclic) bond motifs is 3. The molecule has 0 N–H and O–H groups in total. The Morgan fingerprint density at radius 2 is 2.00 bits per heavy atom. The predicted molar refractivity (Wildman–Crippen MR) is 97.1 cm³/mol. The van der Waals surface area contributed by atoms with Crippen LogP contribution in [0.4, 0.5) is 0 Å². The molecule has 1 amide bonds. The van der Waals surface area contributed by atoms with Crippen molar-refractivity contribution in [2.75, 3.05) is 20.2 Å². The third-order valence-corrected chi connectivity index (χ3v) is 5.04. The first-order valence-corrected chi connectivity index (χ1v) is 8.80. The predicted octanol–water partition coefficient (Wildman–Crippen LogP) is 1.55. The van der Waals surface area contributed by atoms with E-state index in [2.05, 4.69) is 4.98 Å². The second-order valence-electron chi connectivity index (χ2n) is 6.63. The first kappa shape index (κ1) is 17.3. The Kier molecular flexibility index (Phi) is 4.39. The largest absolute Gasteiger partial charge is 0.469 e. The molecule has 27 heavy (non-hydrogen) atoms. The summed E-state index contributed by atoms with van der Waals surface area (Å²) in [5.74, 6) is -0.592. The molecule has 1 fully saturated rings. The molecule has 1 saturated heterocycles. The van der Waals surface area contributed by atoms with Gasteiger partial charge in [0.1, 0.15) is 17.6 Å². The summed E-state index contributed by atoms with van der Waals surface area (Å²) in [5, 5.41) is 0.771. The molecule has 1 aliphatic heterocycles. The topological polar surface area (TPSA) is 94.6 Å². The van der Waals surface area contributed by atoms with Crippen LogP contribution in [-0.4, -0.2) is 46.5 Å². The number of hydrogen-bond donors (Lipinski definition) is 0. The number of nitrogens with zero attached hydrogens (tertiary/aromatic N) is 3. The van der Waals surface area contributed by atoms with Crippen LogP contribution in [0.25, 0.3) is 22.1 Å². The van der Waals surface area contributed by atoms with Crippen molar-refractivity contribution in [3.05, 3.63) is 40.9 Å². The number of benzene rings is 1. The number of para-hydroxylation sites is 1. The Labute approximate surface area is 154 Å². The molecule has 0 spiro atoms. The first-order valence-electron chi connectivity index (χ1n) is 8.80. The van der Waals surface area contributed by atoms with Crippen molar-refractivity contribution in [1.82, 2.24) is 14.5 Å². The number of aromatic nitrogens is 2. The van der Waals surface area contributed by atoms with Crippen LogP contribution in [0.15, 0.2) is 39.8 Å². The summed E-state index contributed by atoms with van der Waals surface area (Å²) in [5.41, 5.74) is 0.856. The van der Waals surface area contributed by atoms with Crippen molar-refractivity contribution in [1.29, 1.82) is 0 Å². The average molecular weight is 369 g/mol. The lowest BCUT2D eigenvalue weighted by molar-refractivity contribution is -0.149. The zero-order valence-electron chi connectivity index (χ0n) is 14.9. The molecule has 8 heteroatoms. The van der Waals surface area contributed by atoms with E-state index in [4.69, 9.17) is 9.15 Å². The molecule has 1 aliphatic rings. The van der Waals surface area contributed by atoms with Gasteiger partial charge in [-0.1, -0.05) is 12.1 Å². The van der Waals surface area contributed by atoms with Crippen LogP contribution in [0, 0.1) is 5.92 Å². The highest BCUT2D eigenvalue weighted by atomic mass is 16.5. The van der Waals surface area contributed by atoms with Gasteiger partial charge in [-0.15, -0.1) is 0 Å². The Bertz CT molecular complexity index is 1080. The minimum Gasteiger partial charge on any atom is -0.469 e. The summed E-state index contributed by atoms with van der Waals surface area (Å²) in [6.07, 6.45) is 2.51. The number of methoxy groups -OCH3 is 1. The van der Waals surface area contributed by atoms with E-state index < -0.39 is 0 Å². The number of hydrogen-bond acceptors (Lipinski definition) is 6. The summed E-state index contributed by atoms with van der Waals surface area (Å²) in [7, 11) is 1.37. The van der Waals surface area contributed by atoms with Gasteiger partial charge < -0.3 is 14.1 Å². The third kappa shape index (κ3) is 3.07. The van der Waals surface area contributed by atoms with E-state index in [-0.39, 0.29) is 35.5 Å². The minimum absolute atomic E-state index is 0.109. The summed E-state index contributed by atoms with van der Waals surface area (Å²) in [4.78, 5) is 42.8. The van der Waals surface area contributed by atoms with Gasteiger partial charge in [0.05, 0.1) is 19.4 Å². The maximum absolute atomic E-state index is 12.7. The van der Waals surface area contributed by atoms with Gasteiger partial charge in [-0.3, -0.25) is 19.0 Å². The summed E-state index contributed by atoms with van der Waals surface area (Å²) in [6, 6.07) is 7.29. The van der Waals surface area contributed by atoms with Crippen molar-refractivity contribution in [2.24, 2.45) is 5.92 Å². The van der Waals surface area contributed by atoms with Crippen molar-refractivity contribution < 1.29 is 18.7 Å². The Hall–Kier alpha value is -3.16. The Balaban J connectivity index is 1.53. The van der Waals surface area contributed by atoms with Crippen molar-refractivity contribution in [3.63, 3.8) is 0 Å². The highest BCUT2D eigenvalue weighted by molar-refractivity contribution is 6.01. The van der Waals surface area contributed by atoms with Crippen molar-refractivity contribution in [2.45, 2.75) is 19.4 Å². The highest BCUT2D eigenvalue weighted by Crippen LogP contribution is 2.24. The van der Waals surface area contributed by atoms with Gasteiger partial charge in [0, 0.05) is 18.5 Å². The highest BCUT2D eigenvalue weighted by Gasteiger charge is 2.28. The van der Waals surface area contributed by atoms with E-state index in [0.717, 1.165) is 5.39 Å². The van der Waals surface area contributed by atoms with Gasteiger partial charge in [-0.05, 0) is 25.0 Å². The van der Waals surface area contributed by atoms with Gasteiger partial charge >= 0.3 is 5.97 Å². The van der Waals surface area contributed by atoms with Gasteiger partial charge in [0.2, 0.25) is 11.5 Å². The second kappa shape index (κ2) is 6.86. The van der Waals surface area contributed by atoms with Gasteiger partial charge in [0.15, 0.2) is 0 Å². The molecule has 0 saturated carbocycles. The molecular weight excluding hydrogens is 350 g/mol. The van der Waals surface area contributed by atoms with E-state index >= 15 is 0 Å². The smallest absolute Gasteiger partial charge is 0.308 e. The van der Waals surface area contributed by atoms with Gasteiger partial charge in [-0.2, -0.15) is 0 Å². The van der Waals surface area contributed by atoms with Crippen LogP contribution in [0.2, 0.25) is 0 Å². The zero-order valence-corrected chi connectivity index (χ0v) is 14.9. The van der Waals surface area contributed by atoms with E-state index in [1.54, 1.807) is 11.0 Å². The summed E-state index contributed by atoms with van der Waals surface area (Å²) >= 11 is 0. The van der Waals surface area contributed by atoms with E-state index in [9.17, 15) is 14.4 Å². The molecule has 4 rings (SSSR count). The lowest BCUT2D eigenvalue weighted by Gasteiger charge is -2.30. The van der Waals surface area contributed by atoms with Crippen molar-refractivity contribution >= 4 is 33.9 Å². The molecular formula is C19H19N3O5. The lowest BCUT2D eigenvalue weighted by atomic mass is 9.97. The first-order chi connectivity index (χ1) is 13.1. The van der Waals surface area contributed by atoms with Crippen LogP contribution in [0.5, 0.6) is 0 Å². The number of carbonyl (C=O) groups is 2. The Morgan fingerprint density at radius 1 is 1.26 bits per heavy atom. The molecule has 3 heterocycles. The number of ether oxygens (including phenoxy) is 1. The second-order valence-corrected chi connectivity index (χ2v) is 6.63. The monoisotopic (exact) mass is 369 g/mol. The van der Waals surface area contributed by atoms with E-state index in [0.29, 0.717) is 37.0 Å². The molecule has 3 aromatic rings. The van der Waals surface area contributed by atoms with Crippen LogP contribution < -0.4 is 5.56 Å². The fraction of sp³-hybridized carbons (Fsp3) is 0.368. The van der Waals surface area contributed by atoms with Crippen LogP contribution >= 0.6 is 0 Å². The average Bonchev–Trinajstić information content (AvgIpc) is 3.09. The number of esters is 1. The summed E-state index contributed by atoms with van der Waals surface area (Å²) < 4.78 is 11.7. The van der Waals surface area contributed by atoms with Crippen molar-refractivity contribution in [3.8, 4) is 0 Å². The number of likely N-dealkylation sites (tertiary alicyclic amines) is 1. The standard InChI is InChI=1S/C19H19N3O5/c1-26-19(25)12-6-8-21(9-7-12)15(23)10-22-11-20-16-13-4-2-3-5-14(13)27-17(16)18(22)24/h2-5,11-12H,6-10H2,1H3. The third-order valence-electron chi connectivity index (χ3n) is 5.04. The number of amides is 1. The fourth-order valence-electron chi connectivity index (χ4n) is 3.50. The lowest BCUT2D eigenvalue weighted by Crippen LogP contribution is -2.43. The Morgan fingerprint density at radius 3 is 2.74 bits per heavy atom. The van der Waals surface area contributed by atoms with Gasteiger partial charge in [-0.25, -0.2) is 4.98 Å². The quantitative estimate of drug-likeness (QED) is 0.650. The molecule has 0 radical (unpaired) electrons. The number of piperidine rings is 1. The SMILES string of the molecule is COC(=O)C1CCN(C(=O)Cn2cnc3c(oc4ccccc43)c2=O)CC1. The minimum atomic E-state index is -0.381. The van der Waals surface area contributed by atoms with Gasteiger partial charge in [0.25, 0.3) is 5.56 Å². The molecule has 2 aromatic heterocycles.